The Labute approximate surface area is 226 Å². The molecule has 39 heavy (non-hydrogen) atoms. The summed E-state index contributed by atoms with van der Waals surface area (Å²) in [6.07, 6.45) is 7.11. The molecule has 3 heterocycles. The van der Waals surface area contributed by atoms with E-state index in [0.717, 1.165) is 31.4 Å². The Morgan fingerprint density at radius 1 is 1.18 bits per heavy atom. The van der Waals surface area contributed by atoms with Gasteiger partial charge in [-0.25, -0.2) is 19.3 Å². The van der Waals surface area contributed by atoms with Crippen LogP contribution in [0.4, 0.5) is 11.6 Å². The maximum atomic E-state index is 13.2. The molecule has 0 amide bonds. The van der Waals surface area contributed by atoms with Crippen LogP contribution in [0.15, 0.2) is 66.1 Å². The van der Waals surface area contributed by atoms with E-state index in [1.165, 1.54) is 16.4 Å². The first-order chi connectivity index (χ1) is 18.7. The van der Waals surface area contributed by atoms with Gasteiger partial charge in [-0.15, -0.1) is 6.58 Å². The second kappa shape index (κ2) is 10.5. The van der Waals surface area contributed by atoms with Crippen LogP contribution in [0.1, 0.15) is 56.7 Å². The van der Waals surface area contributed by atoms with Crippen molar-refractivity contribution in [3.63, 3.8) is 0 Å². The average Bonchev–Trinajstić information content (AvgIpc) is 3.19. The van der Waals surface area contributed by atoms with Crippen LogP contribution in [-0.2, 0) is 12.1 Å². The van der Waals surface area contributed by atoms with Crippen LogP contribution in [0.3, 0.4) is 0 Å². The first kappa shape index (κ1) is 26.3. The van der Waals surface area contributed by atoms with E-state index in [0.29, 0.717) is 40.2 Å². The molecular formula is C29H34N8O2. The van der Waals surface area contributed by atoms with Gasteiger partial charge in [-0.2, -0.15) is 4.98 Å². The maximum absolute atomic E-state index is 13.2. The Bertz CT molecular complexity index is 1570. The first-order valence-corrected chi connectivity index (χ1v) is 13.2. The van der Waals surface area contributed by atoms with Crippen LogP contribution in [0.25, 0.3) is 16.9 Å². The number of benzene rings is 1. The van der Waals surface area contributed by atoms with Crippen molar-refractivity contribution in [2.45, 2.75) is 57.6 Å². The molecule has 1 saturated carbocycles. The summed E-state index contributed by atoms with van der Waals surface area (Å²) in [5.41, 5.74) is 7.27. The number of hydrogen-bond acceptors (Lipinski definition) is 7. The predicted molar refractivity (Wildman–Crippen MR) is 153 cm³/mol. The van der Waals surface area contributed by atoms with E-state index >= 15 is 0 Å². The van der Waals surface area contributed by atoms with Gasteiger partial charge in [0.25, 0.3) is 5.56 Å². The fourth-order valence-electron chi connectivity index (χ4n) is 5.20. The molecule has 1 aromatic carbocycles. The highest BCUT2D eigenvalue weighted by molar-refractivity contribution is 5.79. The lowest BCUT2D eigenvalue weighted by Gasteiger charge is -2.28. The van der Waals surface area contributed by atoms with E-state index in [1.807, 2.05) is 12.1 Å². The third-order valence-electron chi connectivity index (χ3n) is 7.36. The van der Waals surface area contributed by atoms with E-state index in [9.17, 15) is 9.90 Å². The van der Waals surface area contributed by atoms with Crippen molar-refractivity contribution in [3.8, 4) is 5.82 Å². The third kappa shape index (κ3) is 5.33. The second-order valence-corrected chi connectivity index (χ2v) is 10.6. The van der Waals surface area contributed by atoms with E-state index < -0.39 is 5.60 Å². The summed E-state index contributed by atoms with van der Waals surface area (Å²) in [6, 6.07) is 13.5. The molecule has 5 rings (SSSR count). The highest BCUT2D eigenvalue weighted by Gasteiger charge is 2.24. The van der Waals surface area contributed by atoms with Gasteiger partial charge >= 0.3 is 0 Å². The first-order valence-electron chi connectivity index (χ1n) is 13.2. The number of aromatic nitrogens is 5. The van der Waals surface area contributed by atoms with E-state index in [-0.39, 0.29) is 18.0 Å². The molecule has 4 aromatic rings. The molecule has 0 unspecified atom stereocenters. The van der Waals surface area contributed by atoms with Crippen molar-refractivity contribution in [2.24, 2.45) is 11.7 Å². The Balaban J connectivity index is 1.45. The molecule has 1 fully saturated rings. The molecule has 1 aliphatic carbocycles. The van der Waals surface area contributed by atoms with Crippen molar-refractivity contribution in [3.05, 3.63) is 82.9 Å². The van der Waals surface area contributed by atoms with E-state index in [2.05, 4.69) is 34.0 Å². The normalized spacial score (nSPS) is 17.7. The molecule has 3 aromatic heterocycles. The van der Waals surface area contributed by atoms with Gasteiger partial charge in [0.1, 0.15) is 11.0 Å². The molecule has 5 N–H and O–H groups in total. The lowest BCUT2D eigenvalue weighted by molar-refractivity contribution is 0.0738. The predicted octanol–water partition coefficient (Wildman–Crippen LogP) is 4.34. The summed E-state index contributed by atoms with van der Waals surface area (Å²) in [5, 5.41) is 21.8. The number of amidine groups is 1. The zero-order valence-corrected chi connectivity index (χ0v) is 22.3. The van der Waals surface area contributed by atoms with Crippen molar-refractivity contribution >= 4 is 28.5 Å². The molecule has 202 valence electrons. The molecule has 0 radical (unpaired) electrons. The molecule has 0 bridgehead atoms. The van der Waals surface area contributed by atoms with Gasteiger partial charge in [-0.05, 0) is 75.3 Å². The SMILES string of the molecule is C=CCn1c(=O)c2cnc(Nc3ccc(C4CCC(C(=N)N)CC4)cc3)nc2n1-c1cccc(C(C)(C)O)n1. The number of aliphatic hydroxyl groups is 1. The monoisotopic (exact) mass is 526 g/mol. The number of nitrogens with zero attached hydrogens (tertiary/aromatic N) is 5. The quantitative estimate of drug-likeness (QED) is 0.152. The molecule has 0 aliphatic heterocycles. The van der Waals surface area contributed by atoms with Crippen LogP contribution in [0, 0.1) is 11.3 Å². The molecule has 1 aliphatic rings. The molecule has 10 nitrogen and oxygen atoms in total. The Morgan fingerprint density at radius 2 is 1.90 bits per heavy atom. The molecule has 0 spiro atoms. The largest absolute Gasteiger partial charge is 0.387 e. The van der Waals surface area contributed by atoms with E-state index in [4.69, 9.17) is 16.1 Å². The van der Waals surface area contributed by atoms with Crippen molar-refractivity contribution in [1.82, 2.24) is 24.3 Å². The average molecular weight is 527 g/mol. The van der Waals surface area contributed by atoms with Gasteiger partial charge in [0.15, 0.2) is 11.5 Å². The molecular weight excluding hydrogens is 492 g/mol. The fraction of sp³-hybridized carbons (Fsp3) is 0.345. The summed E-state index contributed by atoms with van der Waals surface area (Å²) >= 11 is 0. The van der Waals surface area contributed by atoms with Gasteiger partial charge in [0.2, 0.25) is 5.95 Å². The highest BCUT2D eigenvalue weighted by Crippen LogP contribution is 2.36. The van der Waals surface area contributed by atoms with Crippen molar-refractivity contribution in [1.29, 1.82) is 5.41 Å². The van der Waals surface area contributed by atoms with Gasteiger partial charge in [0, 0.05) is 17.8 Å². The number of allylic oxidation sites excluding steroid dienone is 1. The van der Waals surface area contributed by atoms with Crippen LogP contribution in [0.5, 0.6) is 0 Å². The molecule has 0 atom stereocenters. The number of nitrogens with two attached hydrogens (primary N) is 1. The Hall–Kier alpha value is -4.31. The standard InChI is InChI=1S/C29H34N8O2/c1-4-16-36-27(38)22-17-32-28(35-26(22)37(36)24-7-5-6-23(34-24)29(2,3)39)33-21-14-12-19(13-15-21)18-8-10-20(11-9-18)25(30)31/h4-7,12-15,17-18,20,39H,1,8-11,16H2,2-3H3,(H3,30,31)(H,32,33,35). The van der Waals surface area contributed by atoms with E-state index in [1.54, 1.807) is 42.8 Å². The molecule has 10 heteroatoms. The number of fused-ring (bicyclic) bond motifs is 1. The maximum Gasteiger partial charge on any atom is 0.278 e. The summed E-state index contributed by atoms with van der Waals surface area (Å²) < 4.78 is 3.14. The van der Waals surface area contributed by atoms with Crippen LogP contribution in [0.2, 0.25) is 0 Å². The number of anilines is 2. The third-order valence-corrected chi connectivity index (χ3v) is 7.36. The zero-order valence-electron chi connectivity index (χ0n) is 22.3. The summed E-state index contributed by atoms with van der Waals surface area (Å²) in [4.78, 5) is 26.9. The summed E-state index contributed by atoms with van der Waals surface area (Å²) in [5.74, 6) is 1.78. The van der Waals surface area contributed by atoms with Crippen LogP contribution >= 0.6 is 0 Å². The smallest absolute Gasteiger partial charge is 0.278 e. The van der Waals surface area contributed by atoms with Crippen LogP contribution in [-0.4, -0.2) is 35.3 Å². The molecule has 0 saturated heterocycles. The number of nitrogens with one attached hydrogen (secondary N) is 2. The highest BCUT2D eigenvalue weighted by atomic mass is 16.3. The van der Waals surface area contributed by atoms with Crippen LogP contribution < -0.4 is 16.6 Å². The minimum Gasteiger partial charge on any atom is -0.387 e. The van der Waals surface area contributed by atoms with Gasteiger partial charge in [0.05, 0.1) is 18.1 Å². The summed E-state index contributed by atoms with van der Waals surface area (Å²) in [7, 11) is 0. The summed E-state index contributed by atoms with van der Waals surface area (Å²) in [6.45, 7) is 7.37. The van der Waals surface area contributed by atoms with Crippen molar-refractivity contribution < 1.29 is 5.11 Å². The second-order valence-electron chi connectivity index (χ2n) is 10.6. The number of rotatable bonds is 8. The number of pyridine rings is 1. The topological polar surface area (TPSA) is 148 Å². The lowest BCUT2D eigenvalue weighted by atomic mass is 9.78. The number of hydrogen-bond donors (Lipinski definition) is 4. The van der Waals surface area contributed by atoms with Gasteiger partial charge in [-0.3, -0.25) is 10.2 Å². The minimum absolute atomic E-state index is 0.209. The minimum atomic E-state index is -1.15. The van der Waals surface area contributed by atoms with Gasteiger partial charge < -0.3 is 16.2 Å². The Kier molecular flexibility index (Phi) is 7.05. The lowest BCUT2D eigenvalue weighted by Crippen LogP contribution is -2.26. The zero-order chi connectivity index (χ0) is 27.7. The Morgan fingerprint density at radius 3 is 2.54 bits per heavy atom. The fourth-order valence-corrected chi connectivity index (χ4v) is 5.20. The van der Waals surface area contributed by atoms with Gasteiger partial charge in [-0.1, -0.05) is 24.3 Å². The van der Waals surface area contributed by atoms with Crippen molar-refractivity contribution in [2.75, 3.05) is 5.32 Å².